The zero-order valence-electron chi connectivity index (χ0n) is 13.9. The number of carbonyl (C=O) groups is 1. The van der Waals surface area contributed by atoms with Crippen LogP contribution in [0.1, 0.15) is 28.2 Å². The monoisotopic (exact) mass is 386 g/mol. The molecule has 136 valence electrons. The van der Waals surface area contributed by atoms with Crippen molar-refractivity contribution in [2.75, 3.05) is 0 Å². The highest BCUT2D eigenvalue weighted by Gasteiger charge is 2.21. The molecule has 1 amide bonds. The van der Waals surface area contributed by atoms with Crippen molar-refractivity contribution in [1.29, 1.82) is 0 Å². The summed E-state index contributed by atoms with van der Waals surface area (Å²) in [5.41, 5.74) is 6.64. The molecule has 0 aromatic carbocycles. The second-order valence-corrected chi connectivity index (χ2v) is 6.55. The number of aromatic nitrogens is 5. The molecule has 0 fully saturated rings. The van der Waals surface area contributed by atoms with Gasteiger partial charge in [-0.1, -0.05) is 0 Å². The van der Waals surface area contributed by atoms with Gasteiger partial charge in [-0.3, -0.25) is 9.36 Å². The van der Waals surface area contributed by atoms with Gasteiger partial charge in [0.25, 0.3) is 12.3 Å². The summed E-state index contributed by atoms with van der Waals surface area (Å²) in [5.74, 6) is -0.0875. The number of pyridine rings is 1. The Labute approximate surface area is 155 Å². The largest absolute Gasteiger partial charge is 0.365 e. The molecule has 4 rings (SSSR count). The quantitative estimate of drug-likeness (QED) is 0.580. The number of hydrogen-bond donors (Lipinski definition) is 1. The molecule has 0 unspecified atom stereocenters. The molecule has 0 radical (unpaired) electrons. The molecule has 4 aromatic rings. The van der Waals surface area contributed by atoms with Gasteiger partial charge in [-0.2, -0.15) is 0 Å². The minimum absolute atomic E-state index is 0.144. The van der Waals surface area contributed by atoms with Crippen LogP contribution in [-0.4, -0.2) is 30.4 Å². The molecule has 4 aromatic heterocycles. The minimum atomic E-state index is -2.67. The van der Waals surface area contributed by atoms with Crippen molar-refractivity contribution < 1.29 is 13.6 Å². The number of amides is 1. The van der Waals surface area contributed by atoms with E-state index in [1.807, 2.05) is 0 Å². The van der Waals surface area contributed by atoms with Crippen LogP contribution < -0.4 is 5.73 Å². The van der Waals surface area contributed by atoms with E-state index in [2.05, 4.69) is 19.9 Å². The topological polar surface area (TPSA) is 99.6 Å². The van der Waals surface area contributed by atoms with Crippen molar-refractivity contribution in [1.82, 2.24) is 24.5 Å². The highest BCUT2D eigenvalue weighted by atomic mass is 32.1. The first-order valence-corrected chi connectivity index (χ1v) is 8.68. The molecule has 2 N–H and O–H groups in total. The maximum Gasteiger partial charge on any atom is 0.280 e. The molecule has 27 heavy (non-hydrogen) atoms. The maximum atomic E-state index is 12.9. The van der Waals surface area contributed by atoms with E-state index in [0.29, 0.717) is 27.6 Å². The van der Waals surface area contributed by atoms with Gasteiger partial charge in [0.1, 0.15) is 11.3 Å². The summed E-state index contributed by atoms with van der Waals surface area (Å²) in [4.78, 5) is 29.0. The maximum absolute atomic E-state index is 12.9. The van der Waals surface area contributed by atoms with Gasteiger partial charge in [-0.05, 0) is 25.1 Å². The summed E-state index contributed by atoms with van der Waals surface area (Å²) in [5, 5.41) is 2.38. The number of hydrogen-bond acceptors (Lipinski definition) is 6. The average molecular weight is 386 g/mol. The predicted molar refractivity (Wildman–Crippen MR) is 96.0 cm³/mol. The zero-order valence-corrected chi connectivity index (χ0v) is 14.7. The van der Waals surface area contributed by atoms with Gasteiger partial charge in [0.2, 0.25) is 0 Å². The second kappa shape index (κ2) is 6.47. The van der Waals surface area contributed by atoms with Crippen molar-refractivity contribution in [3.63, 3.8) is 0 Å². The number of halogens is 2. The SMILES string of the molecule is Cc1nc(-c2nccs2)nc(-n2ccc3nc(C(F)F)ccc32)c1C(N)=O. The summed E-state index contributed by atoms with van der Waals surface area (Å²) >= 11 is 1.36. The Hall–Kier alpha value is -3.27. The lowest BCUT2D eigenvalue weighted by Crippen LogP contribution is -2.19. The van der Waals surface area contributed by atoms with E-state index in [1.54, 1.807) is 35.3 Å². The van der Waals surface area contributed by atoms with Gasteiger partial charge >= 0.3 is 0 Å². The van der Waals surface area contributed by atoms with Crippen LogP contribution in [-0.2, 0) is 0 Å². The number of thiazole rings is 1. The Morgan fingerprint density at radius 1 is 1.22 bits per heavy atom. The number of rotatable bonds is 4. The number of alkyl halides is 2. The molecule has 0 aliphatic heterocycles. The number of fused-ring (bicyclic) bond motifs is 1. The fraction of sp³-hybridized carbons (Fsp3) is 0.118. The van der Waals surface area contributed by atoms with Crippen LogP contribution in [0.25, 0.3) is 27.7 Å². The van der Waals surface area contributed by atoms with E-state index in [4.69, 9.17) is 5.73 Å². The summed E-state index contributed by atoms with van der Waals surface area (Å²) in [7, 11) is 0. The van der Waals surface area contributed by atoms with Crippen LogP contribution in [0.2, 0.25) is 0 Å². The summed E-state index contributed by atoms with van der Waals surface area (Å²) in [6.45, 7) is 1.65. The Morgan fingerprint density at radius 3 is 2.70 bits per heavy atom. The van der Waals surface area contributed by atoms with Crippen molar-refractivity contribution in [3.05, 3.63) is 52.9 Å². The molecule has 0 aliphatic rings. The second-order valence-electron chi connectivity index (χ2n) is 5.66. The smallest absolute Gasteiger partial charge is 0.280 e. The molecule has 0 spiro atoms. The van der Waals surface area contributed by atoms with Crippen LogP contribution in [0.4, 0.5) is 8.78 Å². The predicted octanol–water partition coefficient (Wildman–Crippen LogP) is 3.28. The molecule has 0 atom stereocenters. The average Bonchev–Trinajstić information content (AvgIpc) is 3.30. The van der Waals surface area contributed by atoms with Crippen LogP contribution in [0.15, 0.2) is 36.0 Å². The van der Waals surface area contributed by atoms with E-state index in [-0.39, 0.29) is 17.1 Å². The summed E-state index contributed by atoms with van der Waals surface area (Å²) in [6, 6.07) is 4.32. The molecule has 10 heteroatoms. The molecule has 0 aliphatic carbocycles. The highest BCUT2D eigenvalue weighted by molar-refractivity contribution is 7.13. The first-order valence-electron chi connectivity index (χ1n) is 7.80. The fourth-order valence-electron chi connectivity index (χ4n) is 2.79. The summed E-state index contributed by atoms with van der Waals surface area (Å²) in [6.07, 6.45) is 0.560. The molecular weight excluding hydrogens is 374 g/mol. The standard InChI is InChI=1S/C17H12F2N6OS/c1-8-12(14(20)26)16(24-15(22-8)17-21-5-7-27-17)25-6-4-9-11(25)3-2-10(23-9)13(18)19/h2-7,13H,1H3,(H2,20,26). The van der Waals surface area contributed by atoms with Gasteiger partial charge in [-0.15, -0.1) is 11.3 Å². The number of carbonyl (C=O) groups excluding carboxylic acids is 1. The van der Waals surface area contributed by atoms with Crippen LogP contribution in [0, 0.1) is 6.92 Å². The zero-order chi connectivity index (χ0) is 19.1. The lowest BCUT2D eigenvalue weighted by atomic mass is 10.2. The van der Waals surface area contributed by atoms with Crippen molar-refractivity contribution in [3.8, 4) is 16.6 Å². The third-order valence-electron chi connectivity index (χ3n) is 3.96. The molecule has 0 saturated carbocycles. The molecular formula is C17H12F2N6OS. The Balaban J connectivity index is 1.97. The lowest BCUT2D eigenvalue weighted by Gasteiger charge is -2.12. The Morgan fingerprint density at radius 2 is 2.04 bits per heavy atom. The Bertz CT molecular complexity index is 1160. The van der Waals surface area contributed by atoms with E-state index < -0.39 is 12.3 Å². The van der Waals surface area contributed by atoms with E-state index >= 15 is 0 Å². The number of primary amides is 1. The van der Waals surface area contributed by atoms with Crippen molar-refractivity contribution >= 4 is 28.3 Å². The highest BCUT2D eigenvalue weighted by Crippen LogP contribution is 2.27. The van der Waals surface area contributed by atoms with Gasteiger partial charge < -0.3 is 5.73 Å². The first kappa shape index (κ1) is 17.2. The van der Waals surface area contributed by atoms with Gasteiger partial charge in [-0.25, -0.2) is 28.7 Å². The lowest BCUT2D eigenvalue weighted by molar-refractivity contribution is 0.0999. The fourth-order valence-corrected chi connectivity index (χ4v) is 3.36. The number of nitrogens with zero attached hydrogens (tertiary/aromatic N) is 5. The molecule has 0 bridgehead atoms. The van der Waals surface area contributed by atoms with Gasteiger partial charge in [0.15, 0.2) is 16.6 Å². The van der Waals surface area contributed by atoms with Crippen molar-refractivity contribution in [2.45, 2.75) is 13.3 Å². The van der Waals surface area contributed by atoms with E-state index in [0.717, 1.165) is 0 Å². The normalized spacial score (nSPS) is 11.4. The molecule has 7 nitrogen and oxygen atoms in total. The van der Waals surface area contributed by atoms with Gasteiger partial charge in [0.05, 0.1) is 16.7 Å². The molecule has 4 heterocycles. The third kappa shape index (κ3) is 2.93. The van der Waals surface area contributed by atoms with E-state index in [1.165, 1.54) is 23.5 Å². The first-order chi connectivity index (χ1) is 13.0. The minimum Gasteiger partial charge on any atom is -0.365 e. The Kier molecular flexibility index (Phi) is 4.11. The number of nitrogens with two attached hydrogens (primary N) is 1. The number of aryl methyl sites for hydroxylation is 1. The van der Waals surface area contributed by atoms with Crippen LogP contribution in [0.3, 0.4) is 0 Å². The van der Waals surface area contributed by atoms with E-state index in [9.17, 15) is 13.6 Å². The van der Waals surface area contributed by atoms with Crippen LogP contribution in [0.5, 0.6) is 0 Å². The third-order valence-corrected chi connectivity index (χ3v) is 4.73. The summed E-state index contributed by atoms with van der Waals surface area (Å²) < 4.78 is 27.4. The van der Waals surface area contributed by atoms with Gasteiger partial charge in [0, 0.05) is 17.8 Å². The van der Waals surface area contributed by atoms with Crippen LogP contribution >= 0.6 is 11.3 Å². The van der Waals surface area contributed by atoms with Crippen molar-refractivity contribution in [2.24, 2.45) is 5.73 Å². The molecule has 0 saturated heterocycles.